The Kier molecular flexibility index (Phi) is 5.63. The van der Waals surface area contributed by atoms with Crippen LogP contribution in [-0.4, -0.2) is 32.6 Å². The molecule has 0 atom stereocenters. The maximum absolute atomic E-state index is 11.9. The number of furan rings is 1. The highest BCUT2D eigenvalue weighted by atomic mass is 32.2. The zero-order valence-corrected chi connectivity index (χ0v) is 14.4. The van der Waals surface area contributed by atoms with Crippen molar-refractivity contribution in [2.75, 3.05) is 5.75 Å². The second-order valence-corrected chi connectivity index (χ2v) is 5.96. The Bertz CT molecular complexity index is 843. The number of carbonyl (C=O) groups is 1. The number of hydrogen-bond acceptors (Lipinski definition) is 6. The Balaban J connectivity index is 1.59. The normalized spacial score (nSPS) is 11.1. The summed E-state index contributed by atoms with van der Waals surface area (Å²) in [5.74, 6) is 1.34. The Morgan fingerprint density at radius 3 is 2.84 bits per heavy atom. The number of carbonyl (C=O) groups excluding carboxylic acids is 1. The summed E-state index contributed by atoms with van der Waals surface area (Å²) in [4.78, 5) is 11.9. The Hall–Kier alpha value is -2.87. The van der Waals surface area contributed by atoms with Crippen LogP contribution in [-0.2, 0) is 11.3 Å². The van der Waals surface area contributed by atoms with E-state index in [9.17, 15) is 4.79 Å². The molecule has 0 bridgehead atoms. The Morgan fingerprint density at radius 1 is 1.28 bits per heavy atom. The highest BCUT2D eigenvalue weighted by Crippen LogP contribution is 2.23. The molecule has 0 aliphatic heterocycles. The van der Waals surface area contributed by atoms with Gasteiger partial charge in [0.25, 0.3) is 5.91 Å². The molecule has 7 nitrogen and oxygen atoms in total. The number of nitrogens with zero attached hydrogens (tertiary/aromatic N) is 4. The highest BCUT2D eigenvalue weighted by molar-refractivity contribution is 7.99. The van der Waals surface area contributed by atoms with Gasteiger partial charge in [0.05, 0.1) is 18.2 Å². The first-order valence-electron chi connectivity index (χ1n) is 7.74. The van der Waals surface area contributed by atoms with E-state index in [0.717, 1.165) is 17.9 Å². The molecule has 0 saturated heterocycles. The lowest BCUT2D eigenvalue weighted by Crippen LogP contribution is -2.20. The van der Waals surface area contributed by atoms with Crippen molar-refractivity contribution < 1.29 is 9.21 Å². The summed E-state index contributed by atoms with van der Waals surface area (Å²) in [5.41, 5.74) is 3.46. The molecule has 128 valence electrons. The van der Waals surface area contributed by atoms with Gasteiger partial charge in [-0.25, -0.2) is 5.43 Å². The number of hydrazone groups is 1. The Labute approximate surface area is 149 Å². The fourth-order valence-electron chi connectivity index (χ4n) is 2.18. The zero-order chi connectivity index (χ0) is 17.5. The van der Waals surface area contributed by atoms with E-state index in [1.54, 1.807) is 18.4 Å². The smallest absolute Gasteiger partial charge is 0.250 e. The average Bonchev–Trinajstić information content (AvgIpc) is 3.30. The fourth-order valence-corrected chi connectivity index (χ4v) is 2.97. The molecule has 0 radical (unpaired) electrons. The van der Waals surface area contributed by atoms with Crippen molar-refractivity contribution in [3.63, 3.8) is 0 Å². The quantitative estimate of drug-likeness (QED) is 0.400. The number of thioether (sulfide) groups is 1. The van der Waals surface area contributed by atoms with Crippen molar-refractivity contribution in [3.8, 4) is 11.4 Å². The first kappa shape index (κ1) is 17.0. The van der Waals surface area contributed by atoms with Crippen LogP contribution in [0.25, 0.3) is 11.4 Å². The number of amides is 1. The molecule has 0 spiro atoms. The molecular formula is C17H17N5O2S. The molecular weight excluding hydrogens is 338 g/mol. The maximum atomic E-state index is 11.9. The molecule has 8 heteroatoms. The topological polar surface area (TPSA) is 85.3 Å². The molecule has 3 aromatic rings. The SMILES string of the molecule is CCn1c(SCC(=O)N/N=C/c2ccco2)nnc1-c1ccccc1. The maximum Gasteiger partial charge on any atom is 0.250 e. The minimum absolute atomic E-state index is 0.197. The largest absolute Gasteiger partial charge is 0.463 e. The monoisotopic (exact) mass is 355 g/mol. The summed E-state index contributed by atoms with van der Waals surface area (Å²) in [6.45, 7) is 2.74. The number of rotatable bonds is 7. The third kappa shape index (κ3) is 4.36. The van der Waals surface area contributed by atoms with E-state index in [1.807, 2.05) is 41.8 Å². The van der Waals surface area contributed by atoms with E-state index in [2.05, 4.69) is 20.7 Å². The molecule has 2 aromatic heterocycles. The third-order valence-corrected chi connectivity index (χ3v) is 4.29. The molecule has 0 aliphatic rings. The minimum atomic E-state index is -0.222. The standard InChI is InChI=1S/C17H17N5O2S/c1-2-22-16(13-7-4-3-5-8-13)20-21-17(22)25-12-15(23)19-18-11-14-9-6-10-24-14/h3-11H,2,12H2,1H3,(H,19,23)/b18-11+. The predicted octanol–water partition coefficient (Wildman–Crippen LogP) is 2.80. The van der Waals surface area contributed by atoms with Crippen molar-refractivity contribution in [2.24, 2.45) is 5.10 Å². The van der Waals surface area contributed by atoms with E-state index in [0.29, 0.717) is 10.9 Å². The summed E-state index contributed by atoms with van der Waals surface area (Å²) in [6, 6.07) is 13.4. The van der Waals surface area contributed by atoms with Gasteiger partial charge in [-0.3, -0.25) is 4.79 Å². The number of benzene rings is 1. The van der Waals surface area contributed by atoms with Gasteiger partial charge in [0.1, 0.15) is 5.76 Å². The van der Waals surface area contributed by atoms with Crippen LogP contribution in [0.3, 0.4) is 0 Å². The van der Waals surface area contributed by atoms with E-state index < -0.39 is 0 Å². The van der Waals surface area contributed by atoms with Crippen molar-refractivity contribution in [2.45, 2.75) is 18.6 Å². The van der Waals surface area contributed by atoms with Gasteiger partial charge in [-0.05, 0) is 19.1 Å². The van der Waals surface area contributed by atoms with Crippen LogP contribution >= 0.6 is 11.8 Å². The van der Waals surface area contributed by atoms with Crippen molar-refractivity contribution in [1.82, 2.24) is 20.2 Å². The summed E-state index contributed by atoms with van der Waals surface area (Å²) in [7, 11) is 0. The van der Waals surface area contributed by atoms with Crippen LogP contribution < -0.4 is 5.43 Å². The summed E-state index contributed by atoms with van der Waals surface area (Å²) < 4.78 is 7.08. The lowest BCUT2D eigenvalue weighted by molar-refractivity contribution is -0.118. The van der Waals surface area contributed by atoms with Crippen LogP contribution in [0.5, 0.6) is 0 Å². The van der Waals surface area contributed by atoms with E-state index in [1.165, 1.54) is 18.0 Å². The van der Waals surface area contributed by atoms with Gasteiger partial charge < -0.3 is 8.98 Å². The average molecular weight is 355 g/mol. The highest BCUT2D eigenvalue weighted by Gasteiger charge is 2.14. The van der Waals surface area contributed by atoms with Crippen LogP contribution in [0.15, 0.2) is 63.4 Å². The molecule has 0 fully saturated rings. The van der Waals surface area contributed by atoms with Gasteiger partial charge in [-0.1, -0.05) is 42.1 Å². The van der Waals surface area contributed by atoms with Crippen molar-refractivity contribution >= 4 is 23.9 Å². The third-order valence-electron chi connectivity index (χ3n) is 3.32. The van der Waals surface area contributed by atoms with Gasteiger partial charge in [-0.15, -0.1) is 10.2 Å². The van der Waals surface area contributed by atoms with Crippen LogP contribution in [0, 0.1) is 0 Å². The molecule has 3 rings (SSSR count). The van der Waals surface area contributed by atoms with Gasteiger partial charge in [0.2, 0.25) is 0 Å². The van der Waals surface area contributed by atoms with E-state index >= 15 is 0 Å². The summed E-state index contributed by atoms with van der Waals surface area (Å²) in [5, 5.41) is 13.0. The van der Waals surface area contributed by atoms with Crippen LogP contribution in [0.4, 0.5) is 0 Å². The molecule has 1 aromatic carbocycles. The van der Waals surface area contributed by atoms with Crippen molar-refractivity contribution in [1.29, 1.82) is 0 Å². The fraction of sp³-hybridized carbons (Fsp3) is 0.176. The van der Waals surface area contributed by atoms with E-state index in [4.69, 9.17) is 4.42 Å². The number of nitrogens with one attached hydrogen (secondary N) is 1. The molecule has 1 N–H and O–H groups in total. The van der Waals surface area contributed by atoms with Gasteiger partial charge in [0.15, 0.2) is 11.0 Å². The van der Waals surface area contributed by atoms with Crippen molar-refractivity contribution in [3.05, 3.63) is 54.5 Å². The van der Waals surface area contributed by atoms with Gasteiger partial charge in [0, 0.05) is 12.1 Å². The lowest BCUT2D eigenvalue weighted by Gasteiger charge is -2.06. The molecule has 25 heavy (non-hydrogen) atoms. The molecule has 0 unspecified atom stereocenters. The zero-order valence-electron chi connectivity index (χ0n) is 13.6. The van der Waals surface area contributed by atoms with E-state index in [-0.39, 0.29) is 11.7 Å². The summed E-state index contributed by atoms with van der Waals surface area (Å²) >= 11 is 1.32. The molecule has 0 saturated carbocycles. The first-order chi connectivity index (χ1) is 12.3. The van der Waals surface area contributed by atoms with Crippen LogP contribution in [0.2, 0.25) is 0 Å². The van der Waals surface area contributed by atoms with Gasteiger partial charge >= 0.3 is 0 Å². The first-order valence-corrected chi connectivity index (χ1v) is 8.73. The molecule has 1 amide bonds. The second kappa shape index (κ2) is 8.29. The number of aromatic nitrogens is 3. The summed E-state index contributed by atoms with van der Waals surface area (Å²) in [6.07, 6.45) is 2.99. The second-order valence-electron chi connectivity index (χ2n) is 5.01. The number of hydrogen-bond donors (Lipinski definition) is 1. The predicted molar refractivity (Wildman–Crippen MR) is 96.3 cm³/mol. The van der Waals surface area contributed by atoms with Gasteiger partial charge in [-0.2, -0.15) is 5.10 Å². The minimum Gasteiger partial charge on any atom is -0.463 e. The van der Waals surface area contributed by atoms with Crippen LogP contribution in [0.1, 0.15) is 12.7 Å². The molecule has 0 aliphatic carbocycles. The Morgan fingerprint density at radius 2 is 2.12 bits per heavy atom. The lowest BCUT2D eigenvalue weighted by atomic mass is 10.2. The molecule has 2 heterocycles.